The molecule has 1 nitrogen and oxygen atoms in total. The summed E-state index contributed by atoms with van der Waals surface area (Å²) < 4.78 is 0. The minimum absolute atomic E-state index is 0.238. The largest absolute Gasteiger partial charge is 0.303 e. The highest BCUT2D eigenvalue weighted by Gasteiger charge is 2.16. The quantitative estimate of drug-likeness (QED) is 0.714. The van der Waals surface area contributed by atoms with Crippen molar-refractivity contribution >= 4 is 0 Å². The summed E-state index contributed by atoms with van der Waals surface area (Å²) in [7, 11) is 0. The molecular weight excluding hydrogens is 242 g/mol. The van der Waals surface area contributed by atoms with E-state index in [9.17, 15) is 0 Å². The fraction of sp³-hybridized carbons (Fsp3) is 0.263. The maximum absolute atomic E-state index is 3.86. The van der Waals surface area contributed by atoms with Crippen LogP contribution in [0.1, 0.15) is 36.9 Å². The lowest BCUT2D eigenvalue weighted by Crippen LogP contribution is -2.32. The van der Waals surface area contributed by atoms with Crippen LogP contribution in [0.2, 0.25) is 0 Å². The molecule has 0 saturated carbocycles. The highest BCUT2D eigenvalue weighted by atomic mass is 14.9. The van der Waals surface area contributed by atoms with Gasteiger partial charge in [0.25, 0.3) is 0 Å². The van der Waals surface area contributed by atoms with Gasteiger partial charge in [0.1, 0.15) is 0 Å². The molecule has 0 unspecified atom stereocenters. The second kappa shape index (κ2) is 7.66. The van der Waals surface area contributed by atoms with Crippen molar-refractivity contribution in [1.29, 1.82) is 0 Å². The predicted octanol–water partition coefficient (Wildman–Crippen LogP) is 4.72. The average Bonchev–Trinajstić information content (AvgIpc) is 2.53. The number of nitrogens with one attached hydrogen (secondary N) is 1. The first kappa shape index (κ1) is 14.5. The molecule has 0 spiro atoms. The van der Waals surface area contributed by atoms with Gasteiger partial charge in [-0.15, -0.1) is 6.58 Å². The van der Waals surface area contributed by atoms with Gasteiger partial charge in [-0.1, -0.05) is 73.7 Å². The van der Waals surface area contributed by atoms with Gasteiger partial charge in [0.2, 0.25) is 0 Å². The lowest BCUT2D eigenvalue weighted by molar-refractivity contribution is 0.461. The maximum Gasteiger partial charge on any atom is 0.0578 e. The van der Waals surface area contributed by atoms with Gasteiger partial charge < -0.3 is 5.32 Å². The molecular formula is C19H23N. The monoisotopic (exact) mass is 265 g/mol. The van der Waals surface area contributed by atoms with Crippen LogP contribution in [0.25, 0.3) is 0 Å². The van der Waals surface area contributed by atoms with E-state index in [0.29, 0.717) is 6.04 Å². The van der Waals surface area contributed by atoms with Gasteiger partial charge >= 0.3 is 0 Å². The SMILES string of the molecule is C=CC[C@@H](CC)NC(c1ccccc1)c1ccccc1. The number of hydrogen-bond donors (Lipinski definition) is 1. The molecule has 0 aliphatic rings. The molecule has 2 rings (SSSR count). The Kier molecular flexibility index (Phi) is 5.57. The van der Waals surface area contributed by atoms with Crippen LogP contribution < -0.4 is 5.32 Å². The molecule has 1 heteroatoms. The van der Waals surface area contributed by atoms with Crippen molar-refractivity contribution in [3.05, 3.63) is 84.4 Å². The summed E-state index contributed by atoms with van der Waals surface area (Å²) >= 11 is 0. The van der Waals surface area contributed by atoms with Crippen molar-refractivity contribution in [2.75, 3.05) is 0 Å². The van der Waals surface area contributed by atoms with Crippen LogP contribution in [-0.2, 0) is 0 Å². The summed E-state index contributed by atoms with van der Waals surface area (Å²) in [4.78, 5) is 0. The molecule has 2 aromatic rings. The van der Waals surface area contributed by atoms with E-state index in [0.717, 1.165) is 12.8 Å². The summed E-state index contributed by atoms with van der Waals surface area (Å²) in [5.74, 6) is 0. The fourth-order valence-corrected chi connectivity index (χ4v) is 2.47. The van der Waals surface area contributed by atoms with Gasteiger partial charge in [0.15, 0.2) is 0 Å². The zero-order valence-electron chi connectivity index (χ0n) is 12.1. The van der Waals surface area contributed by atoms with Crippen molar-refractivity contribution in [1.82, 2.24) is 5.32 Å². The van der Waals surface area contributed by atoms with Crippen LogP contribution in [0, 0.1) is 0 Å². The molecule has 0 bridgehead atoms. The fourth-order valence-electron chi connectivity index (χ4n) is 2.47. The number of hydrogen-bond acceptors (Lipinski definition) is 1. The van der Waals surface area contributed by atoms with Gasteiger partial charge in [-0.3, -0.25) is 0 Å². The molecule has 20 heavy (non-hydrogen) atoms. The van der Waals surface area contributed by atoms with Crippen LogP contribution in [0.3, 0.4) is 0 Å². The Hall–Kier alpha value is -1.86. The first-order valence-electron chi connectivity index (χ1n) is 7.32. The summed E-state index contributed by atoms with van der Waals surface area (Å²) in [6, 6.07) is 22.0. The minimum atomic E-state index is 0.238. The lowest BCUT2D eigenvalue weighted by Gasteiger charge is -2.25. The Morgan fingerprint density at radius 3 is 1.85 bits per heavy atom. The Labute approximate surface area is 122 Å². The van der Waals surface area contributed by atoms with E-state index in [2.05, 4.69) is 79.5 Å². The van der Waals surface area contributed by atoms with E-state index in [1.165, 1.54) is 11.1 Å². The second-order valence-electron chi connectivity index (χ2n) is 5.05. The standard InChI is InChI=1S/C19H23N/c1-3-11-18(4-2)20-19(16-12-7-5-8-13-16)17-14-9-6-10-15-17/h3,5-10,12-15,18-20H,1,4,11H2,2H3/t18-/m1/s1. The number of benzene rings is 2. The van der Waals surface area contributed by atoms with Crippen molar-refractivity contribution in [3.63, 3.8) is 0 Å². The highest BCUT2D eigenvalue weighted by molar-refractivity contribution is 5.31. The average molecular weight is 265 g/mol. The Bertz CT molecular complexity index is 464. The highest BCUT2D eigenvalue weighted by Crippen LogP contribution is 2.23. The normalized spacial score (nSPS) is 12.3. The molecule has 2 aromatic carbocycles. The topological polar surface area (TPSA) is 12.0 Å². The minimum Gasteiger partial charge on any atom is -0.303 e. The van der Waals surface area contributed by atoms with E-state index in [4.69, 9.17) is 0 Å². The molecule has 0 fully saturated rings. The summed E-state index contributed by atoms with van der Waals surface area (Å²) in [6.45, 7) is 6.08. The molecule has 0 amide bonds. The van der Waals surface area contributed by atoms with Crippen LogP contribution in [0.5, 0.6) is 0 Å². The zero-order valence-corrected chi connectivity index (χ0v) is 12.1. The first-order valence-corrected chi connectivity index (χ1v) is 7.32. The molecule has 0 aliphatic heterocycles. The van der Waals surface area contributed by atoms with Crippen molar-refractivity contribution in [2.24, 2.45) is 0 Å². The van der Waals surface area contributed by atoms with E-state index >= 15 is 0 Å². The lowest BCUT2D eigenvalue weighted by atomic mass is 9.97. The van der Waals surface area contributed by atoms with Crippen LogP contribution in [0.15, 0.2) is 73.3 Å². The molecule has 0 radical (unpaired) electrons. The third-order valence-electron chi connectivity index (χ3n) is 3.61. The molecule has 1 N–H and O–H groups in total. The summed E-state index contributed by atoms with van der Waals surface area (Å²) in [5.41, 5.74) is 2.61. The number of rotatable bonds is 7. The smallest absolute Gasteiger partial charge is 0.0578 e. The first-order chi connectivity index (χ1) is 9.85. The van der Waals surface area contributed by atoms with Gasteiger partial charge in [0.05, 0.1) is 6.04 Å². The van der Waals surface area contributed by atoms with Crippen LogP contribution >= 0.6 is 0 Å². The Morgan fingerprint density at radius 1 is 0.950 bits per heavy atom. The summed E-state index contributed by atoms with van der Waals surface area (Å²) in [5, 5.41) is 3.77. The van der Waals surface area contributed by atoms with Gasteiger partial charge in [0, 0.05) is 6.04 Å². The summed E-state index contributed by atoms with van der Waals surface area (Å²) in [6.07, 6.45) is 4.09. The molecule has 0 aromatic heterocycles. The van der Waals surface area contributed by atoms with Gasteiger partial charge in [-0.2, -0.15) is 0 Å². The maximum atomic E-state index is 3.86. The van der Waals surface area contributed by atoms with Crippen molar-refractivity contribution < 1.29 is 0 Å². The molecule has 0 saturated heterocycles. The molecule has 0 heterocycles. The van der Waals surface area contributed by atoms with Crippen LogP contribution in [-0.4, -0.2) is 6.04 Å². The predicted molar refractivity (Wildman–Crippen MR) is 86.8 cm³/mol. The van der Waals surface area contributed by atoms with E-state index in [1.807, 2.05) is 6.08 Å². The molecule has 0 aliphatic carbocycles. The van der Waals surface area contributed by atoms with Gasteiger partial charge in [-0.05, 0) is 24.0 Å². The second-order valence-corrected chi connectivity index (χ2v) is 5.05. The van der Waals surface area contributed by atoms with E-state index in [1.54, 1.807) is 0 Å². The Morgan fingerprint density at radius 2 is 1.45 bits per heavy atom. The van der Waals surface area contributed by atoms with Crippen LogP contribution in [0.4, 0.5) is 0 Å². The van der Waals surface area contributed by atoms with Crippen molar-refractivity contribution in [2.45, 2.75) is 31.8 Å². The molecule has 104 valence electrons. The van der Waals surface area contributed by atoms with Crippen molar-refractivity contribution in [3.8, 4) is 0 Å². The van der Waals surface area contributed by atoms with E-state index in [-0.39, 0.29) is 6.04 Å². The zero-order chi connectivity index (χ0) is 14.2. The third-order valence-corrected chi connectivity index (χ3v) is 3.61. The van der Waals surface area contributed by atoms with E-state index < -0.39 is 0 Å². The Balaban J connectivity index is 2.27. The molecule has 1 atom stereocenters. The third kappa shape index (κ3) is 3.82. The van der Waals surface area contributed by atoms with Gasteiger partial charge in [-0.25, -0.2) is 0 Å².